The van der Waals surface area contributed by atoms with Crippen molar-refractivity contribution in [2.24, 2.45) is 0 Å². The maximum absolute atomic E-state index is 6.55. The maximum atomic E-state index is 6.55. The lowest BCUT2D eigenvalue weighted by Crippen LogP contribution is -2.06. The van der Waals surface area contributed by atoms with Crippen LogP contribution >= 0.6 is 0 Å². The number of nitrogens with zero attached hydrogens (tertiary/aromatic N) is 4. The minimum absolute atomic E-state index is 0.570. The number of aromatic nitrogens is 4. The SMILES string of the molecule is c1ccc(-c2nc(-c3ccc4c(c3)oc3cc(-c5cccc6ccccc56)ccc34)nc(-n3c4ccccc4c4ccccc43)n2)cc1. The van der Waals surface area contributed by atoms with Crippen molar-refractivity contribution in [3.63, 3.8) is 0 Å². The van der Waals surface area contributed by atoms with E-state index in [4.69, 9.17) is 19.4 Å². The zero-order chi connectivity index (χ0) is 31.6. The van der Waals surface area contributed by atoms with E-state index in [1.807, 2.05) is 36.4 Å². The van der Waals surface area contributed by atoms with Crippen LogP contribution in [-0.2, 0) is 0 Å². The van der Waals surface area contributed by atoms with E-state index in [1.165, 1.54) is 16.3 Å². The van der Waals surface area contributed by atoms with Gasteiger partial charge in [-0.05, 0) is 58.3 Å². The van der Waals surface area contributed by atoms with Crippen LogP contribution in [-0.4, -0.2) is 19.5 Å². The van der Waals surface area contributed by atoms with Crippen LogP contribution in [0.15, 0.2) is 162 Å². The summed E-state index contributed by atoms with van der Waals surface area (Å²) in [5.74, 6) is 1.77. The van der Waals surface area contributed by atoms with E-state index in [0.717, 1.165) is 60.4 Å². The molecule has 0 unspecified atom stereocenters. The first kappa shape index (κ1) is 26.6. The second-order valence-corrected chi connectivity index (χ2v) is 12.1. The molecule has 0 saturated heterocycles. The Morgan fingerprint density at radius 2 is 0.958 bits per heavy atom. The van der Waals surface area contributed by atoms with E-state index >= 15 is 0 Å². The van der Waals surface area contributed by atoms with Crippen LogP contribution in [0.25, 0.3) is 94.4 Å². The third-order valence-electron chi connectivity index (χ3n) is 9.27. The topological polar surface area (TPSA) is 56.7 Å². The number of benzene rings is 7. The molecule has 224 valence electrons. The lowest BCUT2D eigenvalue weighted by atomic mass is 9.97. The van der Waals surface area contributed by atoms with Crippen LogP contribution in [0.4, 0.5) is 0 Å². The van der Waals surface area contributed by atoms with Gasteiger partial charge in [-0.15, -0.1) is 0 Å². The van der Waals surface area contributed by atoms with Gasteiger partial charge in [0.25, 0.3) is 0 Å². The molecular weight excluding hydrogens is 589 g/mol. The first-order valence-corrected chi connectivity index (χ1v) is 16.0. The van der Waals surface area contributed by atoms with Gasteiger partial charge in [0, 0.05) is 32.7 Å². The second kappa shape index (κ2) is 10.5. The molecule has 3 aromatic heterocycles. The first-order valence-electron chi connectivity index (χ1n) is 16.0. The van der Waals surface area contributed by atoms with Gasteiger partial charge in [0.2, 0.25) is 5.95 Å². The molecule has 7 aromatic carbocycles. The van der Waals surface area contributed by atoms with Crippen molar-refractivity contribution >= 4 is 54.5 Å². The van der Waals surface area contributed by atoms with Crippen molar-refractivity contribution in [1.82, 2.24) is 19.5 Å². The van der Waals surface area contributed by atoms with E-state index in [9.17, 15) is 0 Å². The predicted molar refractivity (Wildman–Crippen MR) is 195 cm³/mol. The van der Waals surface area contributed by atoms with Gasteiger partial charge in [0.05, 0.1) is 11.0 Å². The van der Waals surface area contributed by atoms with Crippen LogP contribution in [0.1, 0.15) is 0 Å². The summed E-state index contributed by atoms with van der Waals surface area (Å²) < 4.78 is 8.68. The minimum Gasteiger partial charge on any atom is -0.456 e. The molecule has 5 nitrogen and oxygen atoms in total. The Bertz CT molecular complexity index is 2790. The summed E-state index contributed by atoms with van der Waals surface area (Å²) in [5.41, 5.74) is 7.82. The maximum Gasteiger partial charge on any atom is 0.238 e. The number of hydrogen-bond acceptors (Lipinski definition) is 4. The smallest absolute Gasteiger partial charge is 0.238 e. The van der Waals surface area contributed by atoms with E-state index < -0.39 is 0 Å². The van der Waals surface area contributed by atoms with Crippen molar-refractivity contribution < 1.29 is 4.42 Å². The summed E-state index contributed by atoms with van der Waals surface area (Å²) in [4.78, 5) is 15.2. The van der Waals surface area contributed by atoms with Crippen LogP contribution < -0.4 is 0 Å². The van der Waals surface area contributed by atoms with Gasteiger partial charge in [-0.25, -0.2) is 4.98 Å². The van der Waals surface area contributed by atoms with Crippen molar-refractivity contribution in [2.45, 2.75) is 0 Å². The molecule has 10 rings (SSSR count). The van der Waals surface area contributed by atoms with Crippen LogP contribution in [0, 0.1) is 0 Å². The number of hydrogen-bond donors (Lipinski definition) is 0. The molecule has 0 fully saturated rings. The minimum atomic E-state index is 0.570. The number of rotatable bonds is 4. The third kappa shape index (κ3) is 4.15. The largest absolute Gasteiger partial charge is 0.456 e. The highest BCUT2D eigenvalue weighted by Crippen LogP contribution is 2.37. The molecule has 0 aliphatic carbocycles. The van der Waals surface area contributed by atoms with Crippen molar-refractivity contribution in [1.29, 1.82) is 0 Å². The summed E-state index contributed by atoms with van der Waals surface area (Å²) >= 11 is 0. The number of fused-ring (bicyclic) bond motifs is 7. The Morgan fingerprint density at radius 3 is 1.69 bits per heavy atom. The van der Waals surface area contributed by atoms with Gasteiger partial charge in [-0.1, -0.05) is 121 Å². The van der Waals surface area contributed by atoms with Crippen molar-refractivity contribution in [2.75, 3.05) is 0 Å². The standard InChI is InChI=1S/C43H26N4O/c1-2-12-28(13-3-1)41-44-42(46-43(45-41)47-37-19-8-6-16-33(37)34-17-7-9-20-38(34)47)30-22-24-36-35-23-21-29(25-39(35)48-40(36)26-30)32-18-10-14-27-11-4-5-15-31(27)32/h1-26H. The van der Waals surface area contributed by atoms with Crippen molar-refractivity contribution in [3.05, 3.63) is 158 Å². The Hall–Kier alpha value is -6.59. The highest BCUT2D eigenvalue weighted by molar-refractivity contribution is 6.09. The van der Waals surface area contributed by atoms with E-state index in [0.29, 0.717) is 17.6 Å². The predicted octanol–water partition coefficient (Wildman–Crippen LogP) is 11.0. The van der Waals surface area contributed by atoms with Crippen LogP contribution in [0.3, 0.4) is 0 Å². The molecule has 0 bridgehead atoms. The molecule has 0 saturated carbocycles. The van der Waals surface area contributed by atoms with Gasteiger partial charge in [-0.2, -0.15) is 9.97 Å². The third-order valence-corrected chi connectivity index (χ3v) is 9.27. The van der Waals surface area contributed by atoms with Gasteiger partial charge >= 0.3 is 0 Å². The lowest BCUT2D eigenvalue weighted by molar-refractivity contribution is 0.669. The fourth-order valence-corrected chi connectivity index (χ4v) is 7.01. The average Bonchev–Trinajstić information content (AvgIpc) is 3.69. The quantitative estimate of drug-likeness (QED) is 0.198. The first-order chi connectivity index (χ1) is 23.8. The lowest BCUT2D eigenvalue weighted by Gasteiger charge is -2.10. The monoisotopic (exact) mass is 614 g/mol. The summed E-state index contributed by atoms with van der Waals surface area (Å²) in [6.07, 6.45) is 0. The van der Waals surface area contributed by atoms with Crippen LogP contribution in [0.5, 0.6) is 0 Å². The Morgan fingerprint density at radius 1 is 0.396 bits per heavy atom. The molecule has 0 N–H and O–H groups in total. The molecule has 0 atom stereocenters. The molecule has 10 aromatic rings. The summed E-state index contributed by atoms with van der Waals surface area (Å²) in [6.45, 7) is 0. The highest BCUT2D eigenvalue weighted by atomic mass is 16.3. The fraction of sp³-hybridized carbons (Fsp3) is 0. The molecule has 0 radical (unpaired) electrons. The van der Waals surface area contributed by atoms with Gasteiger partial charge in [0.1, 0.15) is 11.2 Å². The average molecular weight is 615 g/mol. The zero-order valence-corrected chi connectivity index (χ0v) is 25.7. The van der Waals surface area contributed by atoms with E-state index in [-0.39, 0.29) is 0 Å². The summed E-state index contributed by atoms with van der Waals surface area (Å²) in [5, 5.41) is 6.88. The molecule has 0 spiro atoms. The molecule has 0 amide bonds. The highest BCUT2D eigenvalue weighted by Gasteiger charge is 2.18. The Labute approximate surface area is 275 Å². The summed E-state index contributed by atoms with van der Waals surface area (Å²) in [7, 11) is 0. The molecule has 5 heteroatoms. The Balaban J connectivity index is 1.15. The van der Waals surface area contributed by atoms with Gasteiger partial charge in [-0.3, -0.25) is 4.57 Å². The molecule has 0 aliphatic rings. The molecule has 0 aliphatic heterocycles. The van der Waals surface area contributed by atoms with Crippen LogP contribution in [0.2, 0.25) is 0 Å². The van der Waals surface area contributed by atoms with Gasteiger partial charge in [0.15, 0.2) is 11.6 Å². The normalized spacial score (nSPS) is 11.8. The van der Waals surface area contributed by atoms with E-state index in [1.54, 1.807) is 0 Å². The van der Waals surface area contributed by atoms with E-state index in [2.05, 4.69) is 126 Å². The number of para-hydroxylation sites is 2. The van der Waals surface area contributed by atoms with Gasteiger partial charge < -0.3 is 4.42 Å². The van der Waals surface area contributed by atoms with Crippen molar-refractivity contribution in [3.8, 4) is 39.9 Å². The molecule has 48 heavy (non-hydrogen) atoms. The molecule has 3 heterocycles. The Kier molecular flexibility index (Phi) is 5.81. The molecular formula is C43H26N4O. The fourth-order valence-electron chi connectivity index (χ4n) is 7.01. The number of furan rings is 1. The summed E-state index contributed by atoms with van der Waals surface area (Å²) in [6, 6.07) is 54.5. The zero-order valence-electron chi connectivity index (χ0n) is 25.7. The second-order valence-electron chi connectivity index (χ2n) is 12.1.